The number of carbonyl (C=O) groups is 2. The van der Waals surface area contributed by atoms with Crippen LogP contribution in [0.15, 0.2) is 5.11 Å². The van der Waals surface area contributed by atoms with Crippen molar-refractivity contribution >= 4 is 59.9 Å². The Kier molecular flexibility index (Phi) is 6.96. The van der Waals surface area contributed by atoms with Crippen molar-refractivity contribution in [2.75, 3.05) is 0 Å². The van der Waals surface area contributed by atoms with Crippen molar-refractivity contribution in [1.29, 1.82) is 0 Å². The summed E-state index contributed by atoms with van der Waals surface area (Å²) >= 11 is 9.43. The molecule has 7 nitrogen and oxygen atoms in total. The first-order valence-corrected chi connectivity index (χ1v) is 6.16. The van der Waals surface area contributed by atoms with E-state index in [9.17, 15) is 9.59 Å². The van der Waals surface area contributed by atoms with E-state index in [2.05, 4.69) is 62.6 Å². The number of alkyl halides is 3. The van der Waals surface area contributed by atoms with Crippen LogP contribution >= 0.6 is 47.8 Å². The summed E-state index contributed by atoms with van der Waals surface area (Å²) in [4.78, 5) is 23.6. The SMILES string of the molecule is [N-]=[N+]=NC(=O)OC(CC(=O)O)CC(Br)(Br)Br. The van der Waals surface area contributed by atoms with Gasteiger partial charge in [-0.05, 0) is 5.53 Å². The molecular formula is C6H6Br3N3O4. The molecule has 0 bridgehead atoms. The summed E-state index contributed by atoms with van der Waals surface area (Å²) in [6.07, 6.45) is -2.34. The number of aliphatic carboxylic acids is 1. The molecule has 0 aromatic carbocycles. The molecule has 0 aromatic rings. The number of azide groups is 1. The summed E-state index contributed by atoms with van der Waals surface area (Å²) in [7, 11) is 0. The molecule has 0 aliphatic carbocycles. The van der Waals surface area contributed by atoms with Crippen LogP contribution in [0, 0.1) is 0 Å². The molecular weight excluding hydrogens is 418 g/mol. The zero-order valence-electron chi connectivity index (χ0n) is 7.64. The number of carboxylic acids is 1. The zero-order chi connectivity index (χ0) is 12.8. The monoisotopic (exact) mass is 421 g/mol. The summed E-state index contributed by atoms with van der Waals surface area (Å²) < 4.78 is 3.90. The number of rotatable bonds is 4. The van der Waals surface area contributed by atoms with Crippen LogP contribution in [0.3, 0.4) is 0 Å². The fourth-order valence-electron chi connectivity index (χ4n) is 0.811. The third kappa shape index (κ3) is 8.96. The second kappa shape index (κ2) is 7.10. The standard InChI is InChI=1S/C6H6Br3N3O4/c7-6(8,9)2-3(1-4(13)14)16-5(15)11-12-10/h3H,1-2H2,(H,13,14). The van der Waals surface area contributed by atoms with Gasteiger partial charge in [-0.3, -0.25) is 4.79 Å². The van der Waals surface area contributed by atoms with Crippen molar-refractivity contribution in [2.45, 2.75) is 21.1 Å². The number of carboxylic acid groups (broad SMARTS) is 1. The molecule has 90 valence electrons. The fraction of sp³-hybridized carbons (Fsp3) is 0.667. The van der Waals surface area contributed by atoms with Crippen molar-refractivity contribution in [3.05, 3.63) is 10.4 Å². The maximum atomic E-state index is 10.8. The Morgan fingerprint density at radius 3 is 2.44 bits per heavy atom. The summed E-state index contributed by atoms with van der Waals surface area (Å²) in [5.41, 5.74) is 7.98. The molecule has 1 atom stereocenters. The van der Waals surface area contributed by atoms with E-state index in [-0.39, 0.29) is 6.42 Å². The van der Waals surface area contributed by atoms with Gasteiger partial charge in [0.25, 0.3) is 0 Å². The minimum absolute atomic E-state index is 0.131. The summed E-state index contributed by atoms with van der Waals surface area (Å²) in [5, 5.41) is 11.3. The highest BCUT2D eigenvalue weighted by Gasteiger charge is 2.28. The lowest BCUT2D eigenvalue weighted by molar-refractivity contribution is -0.139. The van der Waals surface area contributed by atoms with E-state index < -0.39 is 26.7 Å². The van der Waals surface area contributed by atoms with Crippen molar-refractivity contribution in [3.8, 4) is 0 Å². The molecule has 0 spiro atoms. The smallest absolute Gasteiger partial charge is 0.397 e. The Bertz CT molecular complexity index is 323. The molecule has 0 aliphatic heterocycles. The van der Waals surface area contributed by atoms with Crippen LogP contribution in [0.25, 0.3) is 10.4 Å². The molecule has 16 heavy (non-hydrogen) atoms. The van der Waals surface area contributed by atoms with Crippen LogP contribution in [-0.2, 0) is 9.53 Å². The first-order valence-electron chi connectivity index (χ1n) is 3.79. The number of ether oxygens (including phenoxy) is 1. The Hall–Kier alpha value is -0.310. The first kappa shape index (κ1) is 15.7. The zero-order valence-corrected chi connectivity index (χ0v) is 12.4. The molecule has 1 unspecified atom stereocenters. The predicted molar refractivity (Wildman–Crippen MR) is 65.8 cm³/mol. The number of halogens is 3. The van der Waals surface area contributed by atoms with Gasteiger partial charge in [0.05, 0.1) is 6.42 Å². The van der Waals surface area contributed by atoms with Crippen LogP contribution < -0.4 is 0 Å². The fourth-order valence-corrected chi connectivity index (χ4v) is 1.89. The summed E-state index contributed by atoms with van der Waals surface area (Å²) in [6.45, 7) is 0. The normalized spacial score (nSPS) is 12.4. The van der Waals surface area contributed by atoms with E-state index >= 15 is 0 Å². The average Bonchev–Trinajstić information content (AvgIpc) is 1.98. The van der Waals surface area contributed by atoms with Crippen molar-refractivity contribution in [1.82, 2.24) is 0 Å². The van der Waals surface area contributed by atoms with Crippen LogP contribution in [0.2, 0.25) is 0 Å². The van der Waals surface area contributed by atoms with Gasteiger partial charge < -0.3 is 9.84 Å². The molecule has 0 aromatic heterocycles. The van der Waals surface area contributed by atoms with Gasteiger partial charge in [-0.2, -0.15) is 0 Å². The maximum absolute atomic E-state index is 10.8. The number of amides is 1. The van der Waals surface area contributed by atoms with Gasteiger partial charge in [0.1, 0.15) is 8.25 Å². The second-order valence-corrected chi connectivity index (χ2v) is 9.87. The van der Waals surface area contributed by atoms with E-state index in [0.717, 1.165) is 0 Å². The number of carbonyl (C=O) groups excluding carboxylic acids is 1. The van der Waals surface area contributed by atoms with E-state index in [1.54, 1.807) is 0 Å². The largest absolute Gasteiger partial charge is 0.481 e. The Morgan fingerprint density at radius 2 is 2.06 bits per heavy atom. The molecule has 0 aliphatic rings. The molecule has 1 N–H and O–H groups in total. The first-order chi connectivity index (χ1) is 7.24. The van der Waals surface area contributed by atoms with Crippen LogP contribution in [0.1, 0.15) is 12.8 Å². The summed E-state index contributed by atoms with van der Waals surface area (Å²) in [6, 6.07) is 0. The number of hydrogen-bond donors (Lipinski definition) is 1. The Labute approximate surface area is 116 Å². The van der Waals surface area contributed by atoms with Crippen LogP contribution in [-0.4, -0.2) is 25.4 Å². The van der Waals surface area contributed by atoms with Gasteiger partial charge in [-0.25, -0.2) is 4.79 Å². The minimum Gasteiger partial charge on any atom is -0.481 e. The molecule has 0 rings (SSSR count). The highest BCUT2D eigenvalue weighted by molar-refractivity contribution is 9.39. The molecule has 0 heterocycles. The molecule has 0 radical (unpaired) electrons. The van der Waals surface area contributed by atoms with E-state index in [1.807, 2.05) is 0 Å². The topological polar surface area (TPSA) is 112 Å². The Balaban J connectivity index is 4.48. The van der Waals surface area contributed by atoms with Gasteiger partial charge >= 0.3 is 12.1 Å². The third-order valence-electron chi connectivity index (χ3n) is 1.26. The molecule has 10 heteroatoms. The van der Waals surface area contributed by atoms with Gasteiger partial charge in [0.2, 0.25) is 0 Å². The predicted octanol–water partition coefficient (Wildman–Crippen LogP) is 3.51. The van der Waals surface area contributed by atoms with Crippen molar-refractivity contribution in [3.63, 3.8) is 0 Å². The van der Waals surface area contributed by atoms with E-state index in [0.29, 0.717) is 0 Å². The minimum atomic E-state index is -1.16. The van der Waals surface area contributed by atoms with Crippen molar-refractivity contribution in [2.24, 2.45) is 5.11 Å². The van der Waals surface area contributed by atoms with Crippen LogP contribution in [0.4, 0.5) is 4.79 Å². The quantitative estimate of drug-likeness (QED) is 0.322. The highest BCUT2D eigenvalue weighted by atomic mass is 80.0. The van der Waals surface area contributed by atoms with Gasteiger partial charge in [-0.1, -0.05) is 47.8 Å². The van der Waals surface area contributed by atoms with Crippen LogP contribution in [0.5, 0.6) is 0 Å². The molecule has 0 saturated carbocycles. The van der Waals surface area contributed by atoms with Gasteiger partial charge in [-0.15, -0.1) is 0 Å². The number of nitrogens with zero attached hydrogens (tertiary/aromatic N) is 3. The summed E-state index contributed by atoms with van der Waals surface area (Å²) in [5.74, 6) is -1.13. The molecule has 0 fully saturated rings. The lowest BCUT2D eigenvalue weighted by Crippen LogP contribution is -2.24. The highest BCUT2D eigenvalue weighted by Crippen LogP contribution is 2.39. The Morgan fingerprint density at radius 1 is 1.50 bits per heavy atom. The lowest BCUT2D eigenvalue weighted by Gasteiger charge is -2.19. The average molecular weight is 424 g/mol. The van der Waals surface area contributed by atoms with Gasteiger partial charge in [0.15, 0.2) is 0 Å². The van der Waals surface area contributed by atoms with E-state index in [4.69, 9.17) is 10.6 Å². The second-order valence-electron chi connectivity index (χ2n) is 2.61. The van der Waals surface area contributed by atoms with E-state index in [1.165, 1.54) is 0 Å². The molecule has 1 amide bonds. The third-order valence-corrected chi connectivity index (χ3v) is 2.23. The lowest BCUT2D eigenvalue weighted by atomic mass is 10.2. The molecule has 0 saturated heterocycles. The maximum Gasteiger partial charge on any atom is 0.397 e. The van der Waals surface area contributed by atoms with Crippen molar-refractivity contribution < 1.29 is 19.4 Å². The number of hydrogen-bond acceptors (Lipinski definition) is 3. The van der Waals surface area contributed by atoms with Gasteiger partial charge in [0, 0.05) is 16.4 Å².